The van der Waals surface area contributed by atoms with Crippen molar-refractivity contribution in [3.05, 3.63) is 47.3 Å². The fourth-order valence-corrected chi connectivity index (χ4v) is 2.24. The van der Waals surface area contributed by atoms with Gasteiger partial charge < -0.3 is 8.83 Å². The monoisotopic (exact) mass is 372 g/mol. The largest absolute Gasteiger partial charge is 0.460 e. The van der Waals surface area contributed by atoms with E-state index in [2.05, 4.69) is 21.1 Å². The molecular weight excluding hydrogens is 348 g/mol. The highest BCUT2D eigenvalue weighted by molar-refractivity contribution is 5.81. The van der Waals surface area contributed by atoms with Crippen LogP contribution in [0.3, 0.4) is 0 Å². The number of carbonyl (C=O) groups excluding carboxylic acids is 2. The summed E-state index contributed by atoms with van der Waals surface area (Å²) >= 11 is 0. The molecule has 0 spiro atoms. The quantitative estimate of drug-likeness (QED) is 0.379. The zero-order valence-corrected chi connectivity index (χ0v) is 15.5. The molecule has 0 saturated carbocycles. The van der Waals surface area contributed by atoms with E-state index in [1.165, 1.54) is 12.4 Å². The molecule has 8 nitrogen and oxygen atoms in total. The maximum Gasteiger partial charge on any atom is 0.240 e. The maximum atomic E-state index is 11.7. The Morgan fingerprint density at radius 2 is 1.26 bits per heavy atom. The summed E-state index contributed by atoms with van der Waals surface area (Å²) in [5.74, 6) is 2.41. The highest BCUT2D eigenvalue weighted by atomic mass is 16.3. The molecule has 0 aliphatic heterocycles. The van der Waals surface area contributed by atoms with Crippen LogP contribution >= 0.6 is 0 Å². The normalized spacial score (nSPS) is 11.3. The lowest BCUT2D eigenvalue weighted by molar-refractivity contribution is -0.121. The van der Waals surface area contributed by atoms with E-state index in [1.54, 1.807) is 12.1 Å². The number of hydrogen-bond donors (Lipinski definition) is 2. The van der Waals surface area contributed by atoms with Gasteiger partial charge in [-0.05, 0) is 51.0 Å². The second-order valence-electron chi connectivity index (χ2n) is 6.04. The number of amides is 2. The number of rotatable bonds is 10. The summed E-state index contributed by atoms with van der Waals surface area (Å²) in [6.45, 7) is 3.67. The standard InChI is InChI=1S/C19H24N4O4/c1-14-8-10-16(26-14)12-20-22-18(24)6-4-3-5-7-19(25)23-21-13-17-11-9-15(2)27-17/h8-13H,3-7H2,1-2H3,(H,22,24)(H,23,25)/b20-12-,21-13-. The van der Waals surface area contributed by atoms with Crippen LogP contribution in [0.2, 0.25) is 0 Å². The molecule has 0 bridgehead atoms. The number of hydrogen-bond acceptors (Lipinski definition) is 6. The second-order valence-corrected chi connectivity index (χ2v) is 6.04. The molecule has 0 aliphatic rings. The van der Waals surface area contributed by atoms with Crippen LogP contribution in [-0.4, -0.2) is 24.2 Å². The van der Waals surface area contributed by atoms with Crippen molar-refractivity contribution in [1.29, 1.82) is 0 Å². The van der Waals surface area contributed by atoms with Crippen LogP contribution in [0.25, 0.3) is 0 Å². The van der Waals surface area contributed by atoms with Crippen LogP contribution in [0.15, 0.2) is 43.3 Å². The lowest BCUT2D eigenvalue weighted by Gasteiger charge is -2.01. The summed E-state index contributed by atoms with van der Waals surface area (Å²) in [7, 11) is 0. The molecule has 2 heterocycles. The van der Waals surface area contributed by atoms with Crippen molar-refractivity contribution in [2.75, 3.05) is 0 Å². The van der Waals surface area contributed by atoms with E-state index < -0.39 is 0 Å². The molecule has 2 rings (SSSR count). The Bertz CT molecular complexity index is 738. The Hall–Kier alpha value is -3.16. The number of carbonyl (C=O) groups is 2. The van der Waals surface area contributed by atoms with Gasteiger partial charge in [0.05, 0.1) is 12.4 Å². The van der Waals surface area contributed by atoms with Crippen LogP contribution in [-0.2, 0) is 9.59 Å². The van der Waals surface area contributed by atoms with E-state index in [9.17, 15) is 9.59 Å². The molecule has 2 aromatic heterocycles. The summed E-state index contributed by atoms with van der Waals surface area (Å²) in [4.78, 5) is 23.3. The van der Waals surface area contributed by atoms with Crippen molar-refractivity contribution < 1.29 is 18.4 Å². The molecule has 0 saturated heterocycles. The molecule has 0 fully saturated rings. The highest BCUT2D eigenvalue weighted by Gasteiger charge is 2.03. The van der Waals surface area contributed by atoms with Crippen molar-refractivity contribution in [1.82, 2.24) is 10.9 Å². The Labute approximate surface area is 157 Å². The van der Waals surface area contributed by atoms with E-state index in [0.717, 1.165) is 17.9 Å². The average Bonchev–Trinajstić information content (AvgIpc) is 3.23. The Balaban J connectivity index is 1.50. The molecule has 0 unspecified atom stereocenters. The van der Waals surface area contributed by atoms with Gasteiger partial charge in [-0.25, -0.2) is 10.9 Å². The third kappa shape index (κ3) is 8.17. The molecule has 27 heavy (non-hydrogen) atoms. The summed E-state index contributed by atoms with van der Waals surface area (Å²) < 4.78 is 10.6. The van der Waals surface area contributed by atoms with Crippen LogP contribution in [0.4, 0.5) is 0 Å². The van der Waals surface area contributed by atoms with Crippen LogP contribution in [0, 0.1) is 13.8 Å². The number of nitrogens with zero attached hydrogens (tertiary/aromatic N) is 2. The lowest BCUT2D eigenvalue weighted by Crippen LogP contribution is -2.18. The molecule has 2 amide bonds. The highest BCUT2D eigenvalue weighted by Crippen LogP contribution is 2.05. The Morgan fingerprint density at radius 1 is 0.815 bits per heavy atom. The SMILES string of the molecule is Cc1ccc(/C=N\NC(=O)CCCCCC(=O)N/N=C\c2ccc(C)o2)o1. The first kappa shape index (κ1) is 20.2. The Morgan fingerprint density at radius 3 is 1.63 bits per heavy atom. The van der Waals surface area contributed by atoms with Crippen LogP contribution in [0.5, 0.6) is 0 Å². The van der Waals surface area contributed by atoms with Gasteiger partial charge in [-0.1, -0.05) is 6.42 Å². The summed E-state index contributed by atoms with van der Waals surface area (Å²) in [5, 5.41) is 7.67. The molecular formula is C19H24N4O4. The van der Waals surface area contributed by atoms with Gasteiger partial charge in [0.1, 0.15) is 23.0 Å². The van der Waals surface area contributed by atoms with Crippen molar-refractivity contribution in [2.45, 2.75) is 46.0 Å². The maximum absolute atomic E-state index is 11.7. The van der Waals surface area contributed by atoms with Gasteiger partial charge in [0.15, 0.2) is 0 Å². The average molecular weight is 372 g/mol. The van der Waals surface area contributed by atoms with Gasteiger partial charge in [-0.2, -0.15) is 10.2 Å². The summed E-state index contributed by atoms with van der Waals surface area (Å²) in [6.07, 6.45) is 5.76. The molecule has 2 aromatic rings. The molecule has 8 heteroatoms. The van der Waals surface area contributed by atoms with Gasteiger partial charge in [-0.3, -0.25) is 9.59 Å². The fraction of sp³-hybridized carbons (Fsp3) is 0.368. The van der Waals surface area contributed by atoms with Crippen molar-refractivity contribution in [3.8, 4) is 0 Å². The molecule has 0 radical (unpaired) electrons. The molecule has 0 aliphatic carbocycles. The minimum atomic E-state index is -0.169. The first-order valence-electron chi connectivity index (χ1n) is 8.79. The third-order valence-electron chi connectivity index (χ3n) is 3.59. The second kappa shape index (κ2) is 10.7. The number of furan rings is 2. The lowest BCUT2D eigenvalue weighted by atomic mass is 10.1. The topological polar surface area (TPSA) is 109 Å². The molecule has 2 N–H and O–H groups in total. The fourth-order valence-electron chi connectivity index (χ4n) is 2.24. The molecule has 144 valence electrons. The number of hydrazone groups is 2. The van der Waals surface area contributed by atoms with Gasteiger partial charge in [-0.15, -0.1) is 0 Å². The van der Waals surface area contributed by atoms with Crippen LogP contribution in [0.1, 0.15) is 55.1 Å². The molecule has 0 atom stereocenters. The predicted molar refractivity (Wildman–Crippen MR) is 101 cm³/mol. The van der Waals surface area contributed by atoms with E-state index in [0.29, 0.717) is 37.2 Å². The van der Waals surface area contributed by atoms with E-state index in [-0.39, 0.29) is 11.8 Å². The predicted octanol–water partition coefficient (Wildman–Crippen LogP) is 3.04. The minimum Gasteiger partial charge on any atom is -0.460 e. The van der Waals surface area contributed by atoms with Crippen LogP contribution < -0.4 is 10.9 Å². The van der Waals surface area contributed by atoms with Crippen molar-refractivity contribution in [3.63, 3.8) is 0 Å². The van der Waals surface area contributed by atoms with Gasteiger partial charge in [0, 0.05) is 12.8 Å². The number of nitrogens with one attached hydrogen (secondary N) is 2. The third-order valence-corrected chi connectivity index (χ3v) is 3.59. The Kier molecular flexibility index (Phi) is 8.02. The first-order chi connectivity index (χ1) is 13.0. The zero-order chi connectivity index (χ0) is 19.5. The van der Waals surface area contributed by atoms with Gasteiger partial charge >= 0.3 is 0 Å². The van der Waals surface area contributed by atoms with Gasteiger partial charge in [0.2, 0.25) is 11.8 Å². The van der Waals surface area contributed by atoms with E-state index in [1.807, 2.05) is 26.0 Å². The number of aryl methyl sites for hydroxylation is 2. The van der Waals surface area contributed by atoms with Gasteiger partial charge in [0.25, 0.3) is 0 Å². The minimum absolute atomic E-state index is 0.169. The zero-order valence-electron chi connectivity index (χ0n) is 15.5. The van der Waals surface area contributed by atoms with E-state index in [4.69, 9.17) is 8.83 Å². The summed E-state index contributed by atoms with van der Waals surface area (Å²) in [5.41, 5.74) is 4.90. The first-order valence-corrected chi connectivity index (χ1v) is 8.79. The number of unbranched alkanes of at least 4 members (excludes halogenated alkanes) is 2. The summed E-state index contributed by atoms with van der Waals surface area (Å²) in [6, 6.07) is 7.19. The van der Waals surface area contributed by atoms with Crippen molar-refractivity contribution in [2.24, 2.45) is 10.2 Å². The smallest absolute Gasteiger partial charge is 0.240 e. The van der Waals surface area contributed by atoms with E-state index >= 15 is 0 Å². The van der Waals surface area contributed by atoms with Crippen molar-refractivity contribution >= 4 is 24.2 Å². The molecule has 0 aromatic carbocycles.